The predicted molar refractivity (Wildman–Crippen MR) is 106 cm³/mol. The van der Waals surface area contributed by atoms with Gasteiger partial charge in [0.1, 0.15) is 0 Å². The van der Waals surface area contributed by atoms with Gasteiger partial charge in [0.05, 0.1) is 10.6 Å². The Labute approximate surface area is 161 Å². The number of amides is 1. The second-order valence-corrected chi connectivity index (χ2v) is 8.10. The highest BCUT2D eigenvalue weighted by Crippen LogP contribution is 2.37. The summed E-state index contributed by atoms with van der Waals surface area (Å²) in [6.45, 7) is 0. The van der Waals surface area contributed by atoms with Gasteiger partial charge >= 0.3 is 0 Å². The normalized spacial score (nSPS) is 16.5. The van der Waals surface area contributed by atoms with Crippen molar-refractivity contribution in [1.82, 2.24) is 0 Å². The largest absolute Gasteiger partial charge is 0.270 e. The van der Waals surface area contributed by atoms with Crippen molar-refractivity contribution in [3.8, 4) is 0 Å². The fourth-order valence-corrected chi connectivity index (χ4v) is 4.21. The van der Waals surface area contributed by atoms with Gasteiger partial charge in [-0.05, 0) is 42.0 Å². The van der Waals surface area contributed by atoms with Gasteiger partial charge in [0.2, 0.25) is 0 Å². The van der Waals surface area contributed by atoms with Crippen molar-refractivity contribution in [3.63, 3.8) is 0 Å². The number of carbonyl (C=O) groups is 1. The topological polar surface area (TPSA) is 20.3 Å². The minimum Gasteiger partial charge on any atom is -0.268 e. The quantitative estimate of drug-likeness (QED) is 0.408. The molecule has 2 nitrogen and oxygen atoms in total. The van der Waals surface area contributed by atoms with Crippen LogP contribution >= 0.6 is 63.1 Å². The van der Waals surface area contributed by atoms with Crippen molar-refractivity contribution in [3.05, 3.63) is 67.5 Å². The Bertz CT molecular complexity index is 854. The molecule has 0 unspecified atom stereocenters. The molecule has 0 spiro atoms. The number of thiocarbonyl (C=S) groups is 1. The molecule has 0 atom stereocenters. The van der Waals surface area contributed by atoms with Gasteiger partial charge in [-0.3, -0.25) is 9.69 Å². The van der Waals surface area contributed by atoms with E-state index in [0.29, 0.717) is 19.3 Å². The minimum absolute atomic E-state index is 0.163. The maximum absolute atomic E-state index is 12.7. The van der Waals surface area contributed by atoms with Crippen molar-refractivity contribution >= 4 is 85.1 Å². The number of benzene rings is 2. The van der Waals surface area contributed by atoms with E-state index in [-0.39, 0.29) is 5.91 Å². The molecule has 3 rings (SSSR count). The SMILES string of the molecule is O=C1C(=Cc2ccc(Cl)cc2Cl)SC(=S)N1c1cccc(Br)c1. The Morgan fingerprint density at radius 1 is 1.17 bits per heavy atom. The molecular formula is C16H8BrCl2NOS2. The summed E-state index contributed by atoms with van der Waals surface area (Å²) >= 11 is 22.1. The van der Waals surface area contributed by atoms with Crippen LogP contribution in [0, 0.1) is 0 Å². The van der Waals surface area contributed by atoms with Crippen LogP contribution in [-0.4, -0.2) is 10.2 Å². The molecule has 0 aliphatic carbocycles. The van der Waals surface area contributed by atoms with Gasteiger partial charge in [0.15, 0.2) is 4.32 Å². The molecule has 1 saturated heterocycles. The van der Waals surface area contributed by atoms with Crippen LogP contribution in [0.5, 0.6) is 0 Å². The summed E-state index contributed by atoms with van der Waals surface area (Å²) in [5, 5.41) is 1.04. The monoisotopic (exact) mass is 443 g/mol. The first-order valence-electron chi connectivity index (χ1n) is 6.44. The molecule has 1 heterocycles. The van der Waals surface area contributed by atoms with Crippen molar-refractivity contribution in [2.45, 2.75) is 0 Å². The molecule has 2 aromatic carbocycles. The molecule has 1 amide bonds. The summed E-state index contributed by atoms with van der Waals surface area (Å²) in [5.41, 5.74) is 1.46. The van der Waals surface area contributed by atoms with Gasteiger partial charge in [-0.1, -0.05) is 75.2 Å². The standard InChI is InChI=1S/C16H8BrCl2NOS2/c17-10-2-1-3-12(7-10)20-15(21)14(23-16(20)22)6-9-4-5-11(18)8-13(9)19/h1-8H. The van der Waals surface area contributed by atoms with Crippen LogP contribution in [0.25, 0.3) is 6.08 Å². The molecule has 23 heavy (non-hydrogen) atoms. The van der Waals surface area contributed by atoms with E-state index in [4.69, 9.17) is 35.4 Å². The number of rotatable bonds is 2. The molecule has 0 aromatic heterocycles. The van der Waals surface area contributed by atoms with Crippen molar-refractivity contribution in [1.29, 1.82) is 0 Å². The Morgan fingerprint density at radius 3 is 2.65 bits per heavy atom. The molecule has 0 radical (unpaired) electrons. The third-order valence-electron chi connectivity index (χ3n) is 3.11. The molecule has 0 bridgehead atoms. The van der Waals surface area contributed by atoms with Gasteiger partial charge in [-0.25, -0.2) is 0 Å². The van der Waals surface area contributed by atoms with E-state index < -0.39 is 0 Å². The number of carbonyl (C=O) groups excluding carboxylic acids is 1. The predicted octanol–water partition coefficient (Wildman–Crippen LogP) is 6.16. The van der Waals surface area contributed by atoms with Gasteiger partial charge in [-0.2, -0.15) is 0 Å². The number of thioether (sulfide) groups is 1. The average Bonchev–Trinajstić information content (AvgIpc) is 2.76. The lowest BCUT2D eigenvalue weighted by atomic mass is 10.2. The van der Waals surface area contributed by atoms with E-state index in [0.717, 1.165) is 15.7 Å². The summed E-state index contributed by atoms with van der Waals surface area (Å²) < 4.78 is 1.37. The van der Waals surface area contributed by atoms with Gasteiger partial charge in [-0.15, -0.1) is 0 Å². The maximum Gasteiger partial charge on any atom is 0.270 e. The Morgan fingerprint density at radius 2 is 1.96 bits per heavy atom. The van der Waals surface area contributed by atoms with Crippen molar-refractivity contribution in [2.24, 2.45) is 0 Å². The van der Waals surface area contributed by atoms with E-state index in [1.807, 2.05) is 24.3 Å². The van der Waals surface area contributed by atoms with Crippen LogP contribution in [0.4, 0.5) is 5.69 Å². The molecule has 0 saturated carbocycles. The summed E-state index contributed by atoms with van der Waals surface area (Å²) in [6, 6.07) is 12.6. The fourth-order valence-electron chi connectivity index (χ4n) is 2.07. The van der Waals surface area contributed by atoms with Gasteiger partial charge in [0.25, 0.3) is 5.91 Å². The summed E-state index contributed by atoms with van der Waals surface area (Å²) in [4.78, 5) is 14.7. The molecule has 116 valence electrons. The first-order chi connectivity index (χ1) is 11.0. The summed E-state index contributed by atoms with van der Waals surface area (Å²) in [5.74, 6) is -0.163. The van der Waals surface area contributed by atoms with Crippen LogP contribution in [-0.2, 0) is 4.79 Å². The van der Waals surface area contributed by atoms with E-state index in [2.05, 4.69) is 15.9 Å². The van der Waals surface area contributed by atoms with Crippen LogP contribution in [0.2, 0.25) is 10.0 Å². The number of hydrogen-bond donors (Lipinski definition) is 0. The lowest BCUT2D eigenvalue weighted by Crippen LogP contribution is -2.27. The molecule has 0 N–H and O–H groups in total. The minimum atomic E-state index is -0.163. The van der Waals surface area contributed by atoms with E-state index >= 15 is 0 Å². The maximum atomic E-state index is 12.7. The first-order valence-corrected chi connectivity index (χ1v) is 9.21. The lowest BCUT2D eigenvalue weighted by molar-refractivity contribution is -0.113. The molecule has 1 fully saturated rings. The van der Waals surface area contributed by atoms with Crippen LogP contribution in [0.3, 0.4) is 0 Å². The smallest absolute Gasteiger partial charge is 0.268 e. The third-order valence-corrected chi connectivity index (χ3v) is 5.47. The number of hydrogen-bond acceptors (Lipinski definition) is 3. The van der Waals surface area contributed by atoms with E-state index in [1.54, 1.807) is 24.3 Å². The Hall–Kier alpha value is -0.850. The Balaban J connectivity index is 1.96. The zero-order valence-corrected chi connectivity index (χ0v) is 16.2. The molecule has 1 aliphatic heterocycles. The molecule has 7 heteroatoms. The van der Waals surface area contributed by atoms with Crippen molar-refractivity contribution < 1.29 is 4.79 Å². The molecular weight excluding hydrogens is 437 g/mol. The zero-order valence-electron chi connectivity index (χ0n) is 11.4. The second kappa shape index (κ2) is 6.95. The molecule has 2 aromatic rings. The van der Waals surface area contributed by atoms with Crippen molar-refractivity contribution in [2.75, 3.05) is 4.90 Å². The number of halogens is 3. The average molecular weight is 445 g/mol. The van der Waals surface area contributed by atoms with Gasteiger partial charge < -0.3 is 0 Å². The lowest BCUT2D eigenvalue weighted by Gasteiger charge is -2.14. The van der Waals surface area contributed by atoms with E-state index in [1.165, 1.54) is 16.7 Å². The highest BCUT2D eigenvalue weighted by atomic mass is 79.9. The summed E-state index contributed by atoms with van der Waals surface area (Å²) in [6.07, 6.45) is 1.73. The highest BCUT2D eigenvalue weighted by Gasteiger charge is 2.33. The second-order valence-electron chi connectivity index (χ2n) is 4.66. The summed E-state index contributed by atoms with van der Waals surface area (Å²) in [7, 11) is 0. The highest BCUT2D eigenvalue weighted by molar-refractivity contribution is 9.10. The fraction of sp³-hybridized carbons (Fsp3) is 0. The third kappa shape index (κ3) is 3.64. The number of nitrogens with zero attached hydrogens (tertiary/aromatic N) is 1. The molecule has 1 aliphatic rings. The zero-order chi connectivity index (χ0) is 16.6. The van der Waals surface area contributed by atoms with Crippen LogP contribution in [0.15, 0.2) is 51.8 Å². The first kappa shape index (κ1) is 17.0. The number of anilines is 1. The van der Waals surface area contributed by atoms with E-state index in [9.17, 15) is 4.79 Å². The van der Waals surface area contributed by atoms with Crippen LogP contribution in [0.1, 0.15) is 5.56 Å². The van der Waals surface area contributed by atoms with Crippen LogP contribution < -0.4 is 4.90 Å². The van der Waals surface area contributed by atoms with Gasteiger partial charge in [0, 0.05) is 14.5 Å². The Kier molecular flexibility index (Phi) is 5.13.